The second kappa shape index (κ2) is 7.35. The molecule has 0 aliphatic rings. The summed E-state index contributed by atoms with van der Waals surface area (Å²) in [6.45, 7) is 1.80. The van der Waals surface area contributed by atoms with Gasteiger partial charge in [-0.05, 0) is 53.8 Å². The number of carbonyl (C=O) groups is 1. The van der Waals surface area contributed by atoms with Gasteiger partial charge in [0.2, 0.25) is 5.75 Å². The Morgan fingerprint density at radius 2 is 1.65 bits per heavy atom. The van der Waals surface area contributed by atoms with Gasteiger partial charge >= 0.3 is 0 Å². The lowest BCUT2D eigenvalue weighted by molar-refractivity contribution is 0.103. The smallest absolute Gasteiger partial charge is 0.203 e. The van der Waals surface area contributed by atoms with Gasteiger partial charge in [0.25, 0.3) is 0 Å². The number of allylic oxidation sites excluding steroid dienone is 1. The van der Waals surface area contributed by atoms with Crippen LogP contribution in [0.15, 0.2) is 48.2 Å². The van der Waals surface area contributed by atoms with Crippen molar-refractivity contribution in [3.63, 3.8) is 0 Å². The second-order valence-electron chi connectivity index (χ2n) is 5.89. The number of ether oxygens (including phenoxy) is 3. The van der Waals surface area contributed by atoms with E-state index in [4.69, 9.17) is 14.2 Å². The Labute approximate surface area is 152 Å². The SMILES string of the molecule is COc1cc(C(=O)C(C)=Cc2ccc3cc[nH]c3c2)cc(OC)c1OC. The molecule has 1 aromatic heterocycles. The lowest BCUT2D eigenvalue weighted by Crippen LogP contribution is -2.04. The summed E-state index contributed by atoms with van der Waals surface area (Å²) in [5, 5.41) is 1.13. The van der Waals surface area contributed by atoms with Crippen molar-refractivity contribution in [1.29, 1.82) is 0 Å². The predicted molar refractivity (Wildman–Crippen MR) is 102 cm³/mol. The molecule has 3 rings (SSSR count). The highest BCUT2D eigenvalue weighted by atomic mass is 16.5. The van der Waals surface area contributed by atoms with E-state index in [1.165, 1.54) is 21.3 Å². The van der Waals surface area contributed by atoms with Crippen LogP contribution in [-0.2, 0) is 0 Å². The molecule has 0 bridgehead atoms. The van der Waals surface area contributed by atoms with Crippen molar-refractivity contribution in [1.82, 2.24) is 4.98 Å². The van der Waals surface area contributed by atoms with E-state index in [1.54, 1.807) is 19.1 Å². The third kappa shape index (κ3) is 3.28. The molecule has 0 fully saturated rings. The number of benzene rings is 2. The molecule has 0 spiro atoms. The molecule has 0 saturated carbocycles. The molecule has 3 aromatic rings. The van der Waals surface area contributed by atoms with Gasteiger partial charge in [-0.2, -0.15) is 0 Å². The zero-order valence-electron chi connectivity index (χ0n) is 15.3. The highest BCUT2D eigenvalue weighted by Gasteiger charge is 2.17. The minimum atomic E-state index is -0.101. The van der Waals surface area contributed by atoms with Crippen LogP contribution < -0.4 is 14.2 Å². The maximum atomic E-state index is 12.9. The number of hydrogen-bond acceptors (Lipinski definition) is 4. The van der Waals surface area contributed by atoms with Crippen molar-refractivity contribution in [2.45, 2.75) is 6.92 Å². The van der Waals surface area contributed by atoms with E-state index in [0.29, 0.717) is 28.4 Å². The number of rotatable bonds is 6. The van der Waals surface area contributed by atoms with Crippen molar-refractivity contribution in [2.75, 3.05) is 21.3 Å². The Bertz CT molecular complexity index is 960. The average molecular weight is 351 g/mol. The number of methoxy groups -OCH3 is 3. The van der Waals surface area contributed by atoms with Gasteiger partial charge in [-0.3, -0.25) is 4.79 Å². The van der Waals surface area contributed by atoms with E-state index in [-0.39, 0.29) is 5.78 Å². The molecule has 1 heterocycles. The Hall–Kier alpha value is -3.21. The van der Waals surface area contributed by atoms with Crippen LogP contribution in [0.4, 0.5) is 0 Å². The summed E-state index contributed by atoms with van der Waals surface area (Å²) in [5.41, 5.74) is 3.09. The summed E-state index contributed by atoms with van der Waals surface area (Å²) in [4.78, 5) is 16.0. The first-order valence-corrected chi connectivity index (χ1v) is 8.17. The van der Waals surface area contributed by atoms with Gasteiger partial charge in [0.15, 0.2) is 17.3 Å². The summed E-state index contributed by atoms with van der Waals surface area (Å²) < 4.78 is 16.0. The molecular weight excluding hydrogens is 330 g/mol. The van der Waals surface area contributed by atoms with E-state index in [2.05, 4.69) is 4.98 Å². The molecule has 0 aliphatic carbocycles. The summed E-state index contributed by atoms with van der Waals surface area (Å²) in [6, 6.07) is 11.4. The van der Waals surface area contributed by atoms with Crippen molar-refractivity contribution in [2.24, 2.45) is 0 Å². The quantitative estimate of drug-likeness (QED) is 0.525. The number of hydrogen-bond donors (Lipinski definition) is 1. The van der Waals surface area contributed by atoms with Crippen LogP contribution in [0.3, 0.4) is 0 Å². The normalized spacial score (nSPS) is 11.5. The van der Waals surface area contributed by atoms with Gasteiger partial charge in [-0.1, -0.05) is 12.1 Å². The number of H-pyrrole nitrogens is 1. The van der Waals surface area contributed by atoms with E-state index in [1.807, 2.05) is 36.5 Å². The fourth-order valence-electron chi connectivity index (χ4n) is 2.91. The Morgan fingerprint density at radius 1 is 0.962 bits per heavy atom. The van der Waals surface area contributed by atoms with Crippen LogP contribution in [-0.4, -0.2) is 32.1 Å². The lowest BCUT2D eigenvalue weighted by atomic mass is 10.0. The van der Waals surface area contributed by atoms with Crippen LogP contribution in [0.2, 0.25) is 0 Å². The van der Waals surface area contributed by atoms with E-state index in [9.17, 15) is 4.79 Å². The Morgan fingerprint density at radius 3 is 2.27 bits per heavy atom. The number of Topliss-reactive ketones (excluding diaryl/α,β-unsaturated/α-hetero) is 1. The lowest BCUT2D eigenvalue weighted by Gasteiger charge is -2.13. The molecule has 0 radical (unpaired) electrons. The molecule has 0 saturated heterocycles. The van der Waals surface area contributed by atoms with Crippen molar-refractivity contribution < 1.29 is 19.0 Å². The molecule has 5 nitrogen and oxygen atoms in total. The predicted octanol–water partition coefficient (Wildman–Crippen LogP) is 4.48. The van der Waals surface area contributed by atoms with Crippen molar-refractivity contribution in [3.05, 3.63) is 59.3 Å². The van der Waals surface area contributed by atoms with Gasteiger partial charge < -0.3 is 19.2 Å². The molecule has 0 atom stereocenters. The first-order valence-electron chi connectivity index (χ1n) is 8.17. The maximum Gasteiger partial charge on any atom is 0.203 e. The standard InChI is InChI=1S/C21H21NO4/c1-13(9-14-5-6-15-7-8-22-17(15)10-14)20(23)16-11-18(24-2)21(26-4)19(12-16)25-3/h5-12,22H,1-4H3. The van der Waals surface area contributed by atoms with Gasteiger partial charge in [0.05, 0.1) is 21.3 Å². The van der Waals surface area contributed by atoms with E-state index < -0.39 is 0 Å². The monoisotopic (exact) mass is 351 g/mol. The van der Waals surface area contributed by atoms with Crippen LogP contribution in [0.1, 0.15) is 22.8 Å². The van der Waals surface area contributed by atoms with Crippen LogP contribution >= 0.6 is 0 Å². The van der Waals surface area contributed by atoms with Crippen LogP contribution in [0.25, 0.3) is 17.0 Å². The zero-order valence-corrected chi connectivity index (χ0v) is 15.3. The largest absolute Gasteiger partial charge is 0.493 e. The topological polar surface area (TPSA) is 60.6 Å². The van der Waals surface area contributed by atoms with E-state index in [0.717, 1.165) is 16.5 Å². The highest BCUT2D eigenvalue weighted by Crippen LogP contribution is 2.38. The highest BCUT2D eigenvalue weighted by molar-refractivity contribution is 6.11. The first-order chi connectivity index (χ1) is 12.6. The molecule has 0 unspecified atom stereocenters. The molecule has 2 aromatic carbocycles. The number of fused-ring (bicyclic) bond motifs is 1. The molecule has 1 N–H and O–H groups in total. The number of carbonyl (C=O) groups excluding carboxylic acids is 1. The molecular formula is C21H21NO4. The summed E-state index contributed by atoms with van der Waals surface area (Å²) in [7, 11) is 4.59. The minimum absolute atomic E-state index is 0.101. The number of ketones is 1. The number of aromatic amines is 1. The fraction of sp³-hybridized carbons (Fsp3) is 0.190. The summed E-state index contributed by atoms with van der Waals surface area (Å²) in [6.07, 6.45) is 3.76. The maximum absolute atomic E-state index is 12.9. The van der Waals surface area contributed by atoms with E-state index >= 15 is 0 Å². The van der Waals surface area contributed by atoms with Gasteiger partial charge in [-0.15, -0.1) is 0 Å². The third-order valence-electron chi connectivity index (χ3n) is 4.25. The van der Waals surface area contributed by atoms with Crippen LogP contribution in [0.5, 0.6) is 17.2 Å². The summed E-state index contributed by atoms with van der Waals surface area (Å²) in [5.74, 6) is 1.27. The van der Waals surface area contributed by atoms with Gasteiger partial charge in [0.1, 0.15) is 0 Å². The fourth-order valence-corrected chi connectivity index (χ4v) is 2.91. The molecule has 0 aliphatic heterocycles. The molecule has 0 amide bonds. The van der Waals surface area contributed by atoms with Crippen LogP contribution in [0, 0.1) is 0 Å². The second-order valence-corrected chi connectivity index (χ2v) is 5.89. The van der Waals surface area contributed by atoms with Gasteiger partial charge in [-0.25, -0.2) is 0 Å². The first kappa shape index (κ1) is 17.6. The minimum Gasteiger partial charge on any atom is -0.493 e. The summed E-state index contributed by atoms with van der Waals surface area (Å²) >= 11 is 0. The van der Waals surface area contributed by atoms with Crippen molar-refractivity contribution in [3.8, 4) is 17.2 Å². The Kier molecular flexibility index (Phi) is 4.98. The number of aromatic nitrogens is 1. The molecule has 134 valence electrons. The number of nitrogens with one attached hydrogen (secondary N) is 1. The average Bonchev–Trinajstić information content (AvgIpc) is 3.13. The zero-order chi connectivity index (χ0) is 18.7. The third-order valence-corrected chi connectivity index (χ3v) is 4.25. The van der Waals surface area contributed by atoms with Gasteiger partial charge in [0, 0.05) is 17.3 Å². The van der Waals surface area contributed by atoms with Crippen molar-refractivity contribution >= 4 is 22.8 Å². The molecule has 26 heavy (non-hydrogen) atoms. The molecule has 5 heteroatoms. The Balaban J connectivity index is 1.97.